The molecule has 0 fully saturated rings. The van der Waals surface area contributed by atoms with Gasteiger partial charge in [-0.2, -0.15) is 0 Å². The van der Waals surface area contributed by atoms with E-state index < -0.39 is 0 Å². The van der Waals surface area contributed by atoms with E-state index in [1.165, 1.54) is 0 Å². The van der Waals surface area contributed by atoms with Gasteiger partial charge in [-0.25, -0.2) is 0 Å². The zero-order valence-corrected chi connectivity index (χ0v) is 13.8. The lowest BCUT2D eigenvalue weighted by molar-refractivity contribution is 0.345. The van der Waals surface area contributed by atoms with Crippen LogP contribution in [0.1, 0.15) is 11.3 Å². The van der Waals surface area contributed by atoms with E-state index >= 15 is 0 Å². The lowest BCUT2D eigenvalue weighted by Crippen LogP contribution is -2.36. The van der Waals surface area contributed by atoms with Gasteiger partial charge in [0.1, 0.15) is 5.76 Å². The summed E-state index contributed by atoms with van der Waals surface area (Å²) < 4.78 is 16.0. The number of nitrogens with one attached hydrogen (secondary N) is 1. The van der Waals surface area contributed by atoms with E-state index in [0.29, 0.717) is 29.7 Å². The highest BCUT2D eigenvalue weighted by molar-refractivity contribution is 7.80. The summed E-state index contributed by atoms with van der Waals surface area (Å²) in [6.07, 6.45) is 1.66. The molecule has 1 aromatic heterocycles. The van der Waals surface area contributed by atoms with E-state index in [4.69, 9.17) is 26.1 Å². The highest BCUT2D eigenvalue weighted by Gasteiger charge is 2.13. The Morgan fingerprint density at radius 1 is 1.18 bits per heavy atom. The van der Waals surface area contributed by atoms with Crippen molar-refractivity contribution in [2.75, 3.05) is 21.3 Å². The number of nitrogens with zero attached hydrogens (tertiary/aromatic N) is 1. The smallest absolute Gasteiger partial charge is 0.169 e. The van der Waals surface area contributed by atoms with Gasteiger partial charge in [0.2, 0.25) is 0 Å². The molecule has 0 radical (unpaired) electrons. The maximum atomic E-state index is 5.40. The van der Waals surface area contributed by atoms with Crippen molar-refractivity contribution in [3.05, 3.63) is 47.9 Å². The van der Waals surface area contributed by atoms with Gasteiger partial charge >= 0.3 is 0 Å². The van der Waals surface area contributed by atoms with Gasteiger partial charge in [0.25, 0.3) is 0 Å². The number of hydrogen-bond donors (Lipinski definition) is 1. The third kappa shape index (κ3) is 3.92. The van der Waals surface area contributed by atoms with E-state index in [-0.39, 0.29) is 0 Å². The van der Waals surface area contributed by atoms with Crippen molar-refractivity contribution >= 4 is 17.3 Å². The summed E-state index contributed by atoms with van der Waals surface area (Å²) in [5.74, 6) is 2.27. The van der Waals surface area contributed by atoms with Gasteiger partial charge in [-0.05, 0) is 42.0 Å². The molecule has 0 bridgehead atoms. The van der Waals surface area contributed by atoms with Crippen LogP contribution in [0.4, 0.5) is 0 Å². The minimum absolute atomic E-state index is 0.598. The Hall–Kier alpha value is -2.21. The Bertz CT molecular complexity index is 614. The summed E-state index contributed by atoms with van der Waals surface area (Å²) in [5.41, 5.74) is 1.07. The Kier molecular flexibility index (Phi) is 5.66. The number of thiocarbonyl (C=S) groups is 1. The van der Waals surface area contributed by atoms with Gasteiger partial charge in [0.05, 0.1) is 27.0 Å². The van der Waals surface area contributed by atoms with E-state index in [1.807, 2.05) is 42.3 Å². The first-order valence-electron chi connectivity index (χ1n) is 6.88. The largest absolute Gasteiger partial charge is 0.493 e. The van der Waals surface area contributed by atoms with Crippen LogP contribution in [0.5, 0.6) is 11.5 Å². The van der Waals surface area contributed by atoms with Crippen molar-refractivity contribution in [1.29, 1.82) is 0 Å². The molecule has 22 heavy (non-hydrogen) atoms. The van der Waals surface area contributed by atoms with Crippen molar-refractivity contribution in [2.24, 2.45) is 0 Å². The fourth-order valence-electron chi connectivity index (χ4n) is 2.15. The highest BCUT2D eigenvalue weighted by Crippen LogP contribution is 2.28. The Labute approximate surface area is 135 Å². The number of furan rings is 1. The van der Waals surface area contributed by atoms with E-state index in [0.717, 1.165) is 11.3 Å². The Balaban J connectivity index is 2.17. The first kappa shape index (κ1) is 16.2. The molecule has 0 aliphatic carbocycles. The van der Waals surface area contributed by atoms with Crippen LogP contribution in [0.15, 0.2) is 41.0 Å². The quantitative estimate of drug-likeness (QED) is 0.826. The first-order valence-corrected chi connectivity index (χ1v) is 7.28. The third-order valence-corrected chi connectivity index (χ3v) is 3.71. The molecule has 1 aromatic carbocycles. The topological polar surface area (TPSA) is 46.9 Å². The molecule has 5 nitrogen and oxygen atoms in total. The molecule has 0 unspecified atom stereocenters. The molecule has 0 saturated carbocycles. The monoisotopic (exact) mass is 320 g/mol. The Morgan fingerprint density at radius 2 is 1.95 bits per heavy atom. The van der Waals surface area contributed by atoms with Crippen molar-refractivity contribution < 1.29 is 13.9 Å². The minimum atomic E-state index is 0.598. The van der Waals surface area contributed by atoms with Crippen molar-refractivity contribution in [3.63, 3.8) is 0 Å². The molecule has 0 amide bonds. The molecular formula is C16H20N2O3S. The van der Waals surface area contributed by atoms with Crippen LogP contribution in [-0.4, -0.2) is 31.3 Å². The molecular weight excluding hydrogens is 300 g/mol. The van der Waals surface area contributed by atoms with Crippen LogP contribution < -0.4 is 14.8 Å². The Morgan fingerprint density at radius 3 is 2.55 bits per heavy atom. The number of ether oxygens (including phenoxy) is 2. The standard InChI is InChI=1S/C16H20N2O3S/c1-17-16(22)18(11-13-5-4-8-21-13)10-12-6-7-14(19-2)15(9-12)20-3/h4-9H,10-11H2,1-3H3,(H,17,22). The summed E-state index contributed by atoms with van der Waals surface area (Å²) >= 11 is 5.38. The molecule has 2 rings (SSSR count). The number of methoxy groups -OCH3 is 2. The van der Waals surface area contributed by atoms with Gasteiger partial charge in [-0.15, -0.1) is 0 Å². The summed E-state index contributed by atoms with van der Waals surface area (Å²) in [6.45, 7) is 1.24. The fourth-order valence-corrected chi connectivity index (χ4v) is 2.28. The summed E-state index contributed by atoms with van der Waals surface area (Å²) in [7, 11) is 5.06. The van der Waals surface area contributed by atoms with Crippen LogP contribution in [0.3, 0.4) is 0 Å². The second kappa shape index (κ2) is 7.70. The second-order valence-corrected chi connectivity index (χ2v) is 5.07. The van der Waals surface area contributed by atoms with Gasteiger partial charge in [0.15, 0.2) is 16.6 Å². The first-order chi connectivity index (χ1) is 10.7. The predicted octanol–water partition coefficient (Wildman–Crippen LogP) is 2.80. The maximum absolute atomic E-state index is 5.40. The molecule has 6 heteroatoms. The molecule has 1 heterocycles. The normalized spacial score (nSPS) is 10.1. The molecule has 0 atom stereocenters. The number of rotatable bonds is 6. The number of hydrogen-bond acceptors (Lipinski definition) is 4. The lowest BCUT2D eigenvalue weighted by atomic mass is 10.2. The van der Waals surface area contributed by atoms with Crippen LogP contribution in [0, 0.1) is 0 Å². The van der Waals surface area contributed by atoms with Crippen LogP contribution >= 0.6 is 12.2 Å². The molecule has 2 aromatic rings. The average molecular weight is 320 g/mol. The van der Waals surface area contributed by atoms with Gasteiger partial charge in [0, 0.05) is 13.6 Å². The predicted molar refractivity (Wildman–Crippen MR) is 89.2 cm³/mol. The second-order valence-electron chi connectivity index (χ2n) is 4.68. The zero-order chi connectivity index (χ0) is 15.9. The molecule has 0 aliphatic heterocycles. The van der Waals surface area contributed by atoms with Gasteiger partial charge in [-0.1, -0.05) is 6.07 Å². The fraction of sp³-hybridized carbons (Fsp3) is 0.312. The average Bonchev–Trinajstić information content (AvgIpc) is 3.06. The maximum Gasteiger partial charge on any atom is 0.169 e. The van der Waals surface area contributed by atoms with Crippen molar-refractivity contribution in [1.82, 2.24) is 10.2 Å². The van der Waals surface area contributed by atoms with Crippen LogP contribution in [0.2, 0.25) is 0 Å². The molecule has 0 spiro atoms. The lowest BCUT2D eigenvalue weighted by Gasteiger charge is -2.24. The molecule has 0 aliphatic rings. The van der Waals surface area contributed by atoms with Crippen molar-refractivity contribution in [2.45, 2.75) is 13.1 Å². The van der Waals surface area contributed by atoms with Gasteiger partial charge < -0.3 is 24.1 Å². The summed E-state index contributed by atoms with van der Waals surface area (Å²) in [6, 6.07) is 9.63. The third-order valence-electron chi connectivity index (χ3n) is 3.25. The molecule has 0 saturated heterocycles. The van der Waals surface area contributed by atoms with E-state index in [9.17, 15) is 0 Å². The minimum Gasteiger partial charge on any atom is -0.493 e. The van der Waals surface area contributed by atoms with E-state index in [2.05, 4.69) is 5.32 Å². The van der Waals surface area contributed by atoms with Gasteiger partial charge in [-0.3, -0.25) is 0 Å². The van der Waals surface area contributed by atoms with Crippen LogP contribution in [0.25, 0.3) is 0 Å². The van der Waals surface area contributed by atoms with E-state index in [1.54, 1.807) is 20.5 Å². The highest BCUT2D eigenvalue weighted by atomic mass is 32.1. The molecule has 1 N–H and O–H groups in total. The SMILES string of the molecule is CNC(=S)N(Cc1ccc(OC)c(OC)c1)Cc1ccco1. The number of benzene rings is 1. The zero-order valence-electron chi connectivity index (χ0n) is 13.0. The molecule has 118 valence electrons. The summed E-state index contributed by atoms with van der Waals surface area (Å²) in [5, 5.41) is 3.67. The summed E-state index contributed by atoms with van der Waals surface area (Å²) in [4.78, 5) is 2.02. The van der Waals surface area contributed by atoms with Crippen LogP contribution in [-0.2, 0) is 13.1 Å². The van der Waals surface area contributed by atoms with Crippen molar-refractivity contribution in [3.8, 4) is 11.5 Å².